The minimum atomic E-state index is -0.0835. The van der Waals surface area contributed by atoms with Crippen LogP contribution in [-0.2, 0) is 6.42 Å². The van der Waals surface area contributed by atoms with E-state index < -0.39 is 0 Å². The summed E-state index contributed by atoms with van der Waals surface area (Å²) in [5.41, 5.74) is 8.17. The fraction of sp³-hybridized carbons (Fsp3) is 0.286. The lowest BCUT2D eigenvalue weighted by Crippen LogP contribution is -2.09. The van der Waals surface area contributed by atoms with E-state index in [0.717, 1.165) is 17.7 Å². The predicted molar refractivity (Wildman–Crippen MR) is 77.6 cm³/mol. The van der Waals surface area contributed by atoms with Gasteiger partial charge in [0.2, 0.25) is 0 Å². The second-order valence-corrected chi connectivity index (χ2v) is 5.42. The van der Waals surface area contributed by atoms with Gasteiger partial charge in [-0.25, -0.2) is 0 Å². The van der Waals surface area contributed by atoms with Crippen LogP contribution in [0.1, 0.15) is 24.1 Å². The van der Waals surface area contributed by atoms with Crippen LogP contribution in [0.25, 0.3) is 0 Å². The highest BCUT2D eigenvalue weighted by atomic mass is 35.5. The first kappa shape index (κ1) is 13.4. The molecule has 2 nitrogen and oxygen atoms in total. The van der Waals surface area contributed by atoms with Crippen molar-refractivity contribution in [2.75, 3.05) is 6.61 Å². The maximum atomic E-state index is 5.97. The molecule has 0 aliphatic rings. The number of halogens is 1. The highest BCUT2D eigenvalue weighted by Crippen LogP contribution is 2.27. The molecule has 2 aromatic rings. The Morgan fingerprint density at radius 2 is 2.22 bits per heavy atom. The fourth-order valence-corrected chi connectivity index (χ4v) is 2.60. The third-order valence-corrected chi connectivity index (χ3v) is 3.66. The molecule has 0 radical (unpaired) electrons. The largest absolute Gasteiger partial charge is 0.493 e. The quantitative estimate of drug-likeness (QED) is 0.898. The van der Waals surface area contributed by atoms with E-state index in [2.05, 4.69) is 16.8 Å². The van der Waals surface area contributed by atoms with Crippen molar-refractivity contribution in [3.63, 3.8) is 0 Å². The van der Waals surface area contributed by atoms with Gasteiger partial charge in [0.15, 0.2) is 0 Å². The zero-order valence-corrected chi connectivity index (χ0v) is 11.8. The van der Waals surface area contributed by atoms with Crippen LogP contribution in [0.5, 0.6) is 5.75 Å². The van der Waals surface area contributed by atoms with Gasteiger partial charge in [-0.15, -0.1) is 0 Å². The third-order valence-electron chi connectivity index (χ3n) is 2.69. The number of benzene rings is 1. The van der Waals surface area contributed by atoms with Gasteiger partial charge in [0.05, 0.1) is 6.61 Å². The summed E-state index contributed by atoms with van der Waals surface area (Å²) in [7, 11) is 0. The minimum Gasteiger partial charge on any atom is -0.493 e. The highest BCUT2D eigenvalue weighted by Gasteiger charge is 2.09. The van der Waals surface area contributed by atoms with Gasteiger partial charge in [0.1, 0.15) is 5.75 Å². The van der Waals surface area contributed by atoms with E-state index in [4.69, 9.17) is 22.1 Å². The second kappa shape index (κ2) is 6.23. The zero-order chi connectivity index (χ0) is 13.0. The van der Waals surface area contributed by atoms with Crippen molar-refractivity contribution in [3.05, 3.63) is 51.2 Å². The molecule has 1 heterocycles. The van der Waals surface area contributed by atoms with Gasteiger partial charge in [-0.1, -0.05) is 11.6 Å². The molecule has 96 valence electrons. The van der Waals surface area contributed by atoms with Crippen molar-refractivity contribution in [1.82, 2.24) is 0 Å². The summed E-state index contributed by atoms with van der Waals surface area (Å²) in [4.78, 5) is 0. The van der Waals surface area contributed by atoms with Crippen molar-refractivity contribution < 1.29 is 4.74 Å². The second-order valence-electron chi connectivity index (χ2n) is 4.20. The number of rotatable bonds is 5. The molecular weight excluding hydrogens is 266 g/mol. The molecule has 1 aromatic carbocycles. The molecule has 1 aromatic heterocycles. The molecule has 2 rings (SSSR count). The van der Waals surface area contributed by atoms with Gasteiger partial charge in [-0.05, 0) is 47.5 Å². The molecule has 0 bridgehead atoms. The van der Waals surface area contributed by atoms with Crippen molar-refractivity contribution in [2.45, 2.75) is 19.4 Å². The van der Waals surface area contributed by atoms with Crippen molar-refractivity contribution in [1.29, 1.82) is 0 Å². The third kappa shape index (κ3) is 3.48. The topological polar surface area (TPSA) is 35.2 Å². The van der Waals surface area contributed by atoms with E-state index in [0.29, 0.717) is 11.6 Å². The molecule has 0 amide bonds. The van der Waals surface area contributed by atoms with E-state index in [9.17, 15) is 0 Å². The maximum absolute atomic E-state index is 5.97. The molecule has 0 saturated carbocycles. The summed E-state index contributed by atoms with van der Waals surface area (Å²) in [5, 5.41) is 4.90. The van der Waals surface area contributed by atoms with Gasteiger partial charge in [-0.3, -0.25) is 0 Å². The van der Waals surface area contributed by atoms with Gasteiger partial charge < -0.3 is 10.5 Å². The average molecular weight is 282 g/mol. The van der Waals surface area contributed by atoms with Crippen LogP contribution in [0.15, 0.2) is 35.0 Å². The summed E-state index contributed by atoms with van der Waals surface area (Å²) in [6.07, 6.45) is 0.907. The van der Waals surface area contributed by atoms with Crippen molar-refractivity contribution in [2.24, 2.45) is 5.73 Å². The van der Waals surface area contributed by atoms with Gasteiger partial charge in [0.25, 0.3) is 0 Å². The lowest BCUT2D eigenvalue weighted by molar-refractivity contribution is 0.317. The molecule has 2 N–H and O–H groups in total. The predicted octanol–water partition coefficient (Wildman–Crippen LogP) is 4.04. The van der Waals surface area contributed by atoms with E-state index in [1.54, 1.807) is 11.3 Å². The fourth-order valence-electron chi connectivity index (χ4n) is 1.72. The first-order valence-electron chi connectivity index (χ1n) is 5.85. The van der Waals surface area contributed by atoms with Crippen molar-refractivity contribution in [3.8, 4) is 5.75 Å². The highest BCUT2D eigenvalue weighted by molar-refractivity contribution is 7.07. The number of hydrogen-bond acceptors (Lipinski definition) is 3. The summed E-state index contributed by atoms with van der Waals surface area (Å²) < 4.78 is 5.79. The summed E-state index contributed by atoms with van der Waals surface area (Å²) in [6, 6.07) is 7.61. The molecule has 1 atom stereocenters. The van der Waals surface area contributed by atoms with E-state index >= 15 is 0 Å². The Kier molecular flexibility index (Phi) is 4.64. The molecule has 4 heteroatoms. The minimum absolute atomic E-state index is 0.0835. The molecule has 18 heavy (non-hydrogen) atoms. The monoisotopic (exact) mass is 281 g/mol. The Hall–Kier alpha value is -1.03. The van der Waals surface area contributed by atoms with Crippen LogP contribution in [0.2, 0.25) is 5.02 Å². The maximum Gasteiger partial charge on any atom is 0.124 e. The Bertz CT molecular complexity index is 497. The molecule has 0 aliphatic heterocycles. The molecule has 0 aliphatic carbocycles. The van der Waals surface area contributed by atoms with E-state index in [1.807, 2.05) is 25.1 Å². The molecule has 0 fully saturated rings. The Morgan fingerprint density at radius 3 is 2.89 bits per heavy atom. The standard InChI is InChI=1S/C14H16ClNOS/c1-10(16)13-8-12(15)2-3-14(13)17-6-4-11-5-7-18-9-11/h2-3,5,7-10H,4,6,16H2,1H3/t10-/m1/s1. The summed E-state index contributed by atoms with van der Waals surface area (Å²) >= 11 is 7.67. The van der Waals surface area contributed by atoms with Crippen molar-refractivity contribution >= 4 is 22.9 Å². The summed E-state index contributed by atoms with van der Waals surface area (Å²) in [6.45, 7) is 2.58. The van der Waals surface area contributed by atoms with E-state index in [-0.39, 0.29) is 6.04 Å². The van der Waals surface area contributed by atoms with Crippen LogP contribution in [0.3, 0.4) is 0 Å². The smallest absolute Gasteiger partial charge is 0.124 e. The lowest BCUT2D eigenvalue weighted by Gasteiger charge is -2.14. The molecule has 0 unspecified atom stereocenters. The number of nitrogens with two attached hydrogens (primary N) is 1. The zero-order valence-electron chi connectivity index (χ0n) is 10.2. The SMILES string of the molecule is C[C@@H](N)c1cc(Cl)ccc1OCCc1ccsc1. The number of ether oxygens (including phenoxy) is 1. The van der Waals surface area contributed by atoms with Crippen LogP contribution in [0.4, 0.5) is 0 Å². The average Bonchev–Trinajstić information content (AvgIpc) is 2.84. The Morgan fingerprint density at radius 1 is 1.39 bits per heavy atom. The summed E-state index contributed by atoms with van der Waals surface area (Å²) in [5.74, 6) is 0.824. The first-order valence-corrected chi connectivity index (χ1v) is 7.18. The van der Waals surface area contributed by atoms with Crippen LogP contribution < -0.4 is 10.5 Å². The van der Waals surface area contributed by atoms with Gasteiger partial charge in [0, 0.05) is 23.0 Å². The van der Waals surface area contributed by atoms with Crippen LogP contribution in [-0.4, -0.2) is 6.61 Å². The lowest BCUT2D eigenvalue weighted by atomic mass is 10.1. The number of hydrogen-bond donors (Lipinski definition) is 1. The number of thiophene rings is 1. The Balaban J connectivity index is 2.00. The van der Waals surface area contributed by atoms with Gasteiger partial charge in [-0.2, -0.15) is 11.3 Å². The van der Waals surface area contributed by atoms with E-state index in [1.165, 1.54) is 5.56 Å². The van der Waals surface area contributed by atoms with Crippen LogP contribution in [0, 0.1) is 0 Å². The normalized spacial score (nSPS) is 12.4. The Labute approximate surface area is 116 Å². The molecular formula is C14H16ClNOS. The van der Waals surface area contributed by atoms with Crippen LogP contribution >= 0.6 is 22.9 Å². The first-order chi connectivity index (χ1) is 8.66. The molecule has 0 spiro atoms. The van der Waals surface area contributed by atoms with Gasteiger partial charge >= 0.3 is 0 Å². The molecule has 0 saturated heterocycles.